The van der Waals surface area contributed by atoms with Crippen molar-refractivity contribution in [2.24, 2.45) is 0 Å². The van der Waals surface area contributed by atoms with Gasteiger partial charge in [-0.25, -0.2) is 0 Å². The molecule has 0 bridgehead atoms. The molecule has 1 saturated heterocycles. The van der Waals surface area contributed by atoms with Crippen molar-refractivity contribution in [2.75, 3.05) is 31.1 Å². The molecule has 0 radical (unpaired) electrons. The Morgan fingerprint density at radius 3 is 2.61 bits per heavy atom. The van der Waals surface area contributed by atoms with Gasteiger partial charge in [0.2, 0.25) is 5.91 Å². The van der Waals surface area contributed by atoms with E-state index in [2.05, 4.69) is 10.1 Å². The van der Waals surface area contributed by atoms with Crippen LogP contribution in [0.4, 0.5) is 5.69 Å². The van der Waals surface area contributed by atoms with Gasteiger partial charge in [0.1, 0.15) is 11.5 Å². The summed E-state index contributed by atoms with van der Waals surface area (Å²) < 4.78 is 5.12. The van der Waals surface area contributed by atoms with Gasteiger partial charge in [-0.1, -0.05) is 11.2 Å². The van der Waals surface area contributed by atoms with E-state index in [4.69, 9.17) is 4.52 Å². The summed E-state index contributed by atoms with van der Waals surface area (Å²) in [7, 11) is 0. The first-order valence-corrected chi connectivity index (χ1v) is 7.78. The van der Waals surface area contributed by atoms with Crippen molar-refractivity contribution in [3.63, 3.8) is 0 Å². The number of phenolic OH excluding ortho intramolecular Hbond substituents is 1. The van der Waals surface area contributed by atoms with Crippen molar-refractivity contribution in [2.45, 2.75) is 20.3 Å². The SMILES string of the molecule is Cc1noc(C)c1CC(=O)N1CCN(c2cccc(O)c2)CC1. The van der Waals surface area contributed by atoms with Crippen molar-refractivity contribution < 1.29 is 14.4 Å². The molecule has 0 unspecified atom stereocenters. The Kier molecular flexibility index (Phi) is 4.23. The summed E-state index contributed by atoms with van der Waals surface area (Å²) in [6, 6.07) is 7.22. The van der Waals surface area contributed by atoms with E-state index in [0.29, 0.717) is 25.3 Å². The number of anilines is 1. The monoisotopic (exact) mass is 315 g/mol. The number of benzene rings is 1. The van der Waals surface area contributed by atoms with Gasteiger partial charge in [-0.05, 0) is 26.0 Å². The van der Waals surface area contributed by atoms with Gasteiger partial charge >= 0.3 is 0 Å². The quantitative estimate of drug-likeness (QED) is 0.936. The first kappa shape index (κ1) is 15.4. The lowest BCUT2D eigenvalue weighted by atomic mass is 10.1. The van der Waals surface area contributed by atoms with E-state index in [9.17, 15) is 9.90 Å². The standard InChI is InChI=1S/C17H21N3O3/c1-12-16(13(2)23-18-12)11-17(22)20-8-6-19(7-9-20)14-4-3-5-15(21)10-14/h3-5,10,21H,6-9,11H2,1-2H3. The Morgan fingerprint density at radius 2 is 2.00 bits per heavy atom. The number of rotatable bonds is 3. The molecule has 1 N–H and O–H groups in total. The molecule has 0 atom stereocenters. The van der Waals surface area contributed by atoms with Crippen LogP contribution in [0, 0.1) is 13.8 Å². The first-order chi connectivity index (χ1) is 11.0. The lowest BCUT2D eigenvalue weighted by Gasteiger charge is -2.36. The Bertz CT molecular complexity index is 683. The third-order valence-corrected chi connectivity index (χ3v) is 4.34. The molecular formula is C17H21N3O3. The summed E-state index contributed by atoms with van der Waals surface area (Å²) in [6.45, 7) is 6.57. The fraction of sp³-hybridized carbons (Fsp3) is 0.412. The molecule has 1 aromatic heterocycles. The third kappa shape index (κ3) is 3.31. The first-order valence-electron chi connectivity index (χ1n) is 7.78. The zero-order valence-corrected chi connectivity index (χ0v) is 13.5. The molecule has 2 heterocycles. The Labute approximate surface area is 135 Å². The Balaban J connectivity index is 1.59. The fourth-order valence-corrected chi connectivity index (χ4v) is 2.92. The topological polar surface area (TPSA) is 69.8 Å². The molecule has 0 aliphatic carbocycles. The molecule has 2 aromatic rings. The number of aromatic nitrogens is 1. The fourth-order valence-electron chi connectivity index (χ4n) is 2.92. The van der Waals surface area contributed by atoms with E-state index in [1.807, 2.05) is 30.9 Å². The normalized spacial score (nSPS) is 15.0. The average Bonchev–Trinajstić information content (AvgIpc) is 2.87. The van der Waals surface area contributed by atoms with Crippen LogP contribution in [0.25, 0.3) is 0 Å². The number of amides is 1. The highest BCUT2D eigenvalue weighted by Gasteiger charge is 2.23. The van der Waals surface area contributed by atoms with E-state index >= 15 is 0 Å². The second-order valence-electron chi connectivity index (χ2n) is 5.87. The predicted molar refractivity (Wildman–Crippen MR) is 86.6 cm³/mol. The van der Waals surface area contributed by atoms with Crippen molar-refractivity contribution >= 4 is 11.6 Å². The molecule has 1 fully saturated rings. The minimum Gasteiger partial charge on any atom is -0.508 e. The smallest absolute Gasteiger partial charge is 0.227 e. The molecule has 6 heteroatoms. The number of phenols is 1. The van der Waals surface area contributed by atoms with Crippen LogP contribution < -0.4 is 4.90 Å². The minimum absolute atomic E-state index is 0.106. The summed E-state index contributed by atoms with van der Waals surface area (Å²) in [5.41, 5.74) is 2.67. The van der Waals surface area contributed by atoms with Gasteiger partial charge in [0.15, 0.2) is 0 Å². The molecule has 1 amide bonds. The van der Waals surface area contributed by atoms with E-state index < -0.39 is 0 Å². The zero-order valence-electron chi connectivity index (χ0n) is 13.5. The van der Waals surface area contributed by atoms with Crippen LogP contribution in [-0.4, -0.2) is 47.2 Å². The minimum atomic E-state index is 0.106. The summed E-state index contributed by atoms with van der Waals surface area (Å²) in [5.74, 6) is 1.09. The Hall–Kier alpha value is -2.50. The zero-order chi connectivity index (χ0) is 16.4. The van der Waals surface area contributed by atoms with Crippen LogP contribution in [0.1, 0.15) is 17.0 Å². The van der Waals surface area contributed by atoms with Gasteiger partial charge in [-0.15, -0.1) is 0 Å². The number of hydrogen-bond acceptors (Lipinski definition) is 5. The molecule has 122 valence electrons. The maximum Gasteiger partial charge on any atom is 0.227 e. The van der Waals surface area contributed by atoms with Crippen molar-refractivity contribution in [1.82, 2.24) is 10.1 Å². The van der Waals surface area contributed by atoms with E-state index in [0.717, 1.165) is 30.0 Å². The van der Waals surface area contributed by atoms with Gasteiger partial charge < -0.3 is 19.4 Å². The van der Waals surface area contributed by atoms with Gasteiger partial charge in [0, 0.05) is 43.5 Å². The largest absolute Gasteiger partial charge is 0.508 e. The van der Waals surface area contributed by atoms with Gasteiger partial charge in [0.25, 0.3) is 0 Å². The van der Waals surface area contributed by atoms with Crippen LogP contribution in [0.15, 0.2) is 28.8 Å². The highest BCUT2D eigenvalue weighted by Crippen LogP contribution is 2.22. The number of aromatic hydroxyl groups is 1. The van der Waals surface area contributed by atoms with E-state index in [-0.39, 0.29) is 11.7 Å². The van der Waals surface area contributed by atoms with Gasteiger partial charge in [-0.3, -0.25) is 4.79 Å². The molecule has 6 nitrogen and oxygen atoms in total. The van der Waals surface area contributed by atoms with Crippen LogP contribution >= 0.6 is 0 Å². The number of hydrogen-bond donors (Lipinski definition) is 1. The number of carbonyl (C=O) groups excluding carboxylic acids is 1. The molecular weight excluding hydrogens is 294 g/mol. The summed E-state index contributed by atoms with van der Waals surface area (Å²) >= 11 is 0. The van der Waals surface area contributed by atoms with Crippen molar-refractivity contribution in [3.8, 4) is 5.75 Å². The Morgan fingerprint density at radius 1 is 1.26 bits per heavy atom. The van der Waals surface area contributed by atoms with Crippen LogP contribution in [0.2, 0.25) is 0 Å². The molecule has 0 spiro atoms. The maximum atomic E-state index is 12.5. The average molecular weight is 315 g/mol. The lowest BCUT2D eigenvalue weighted by Crippen LogP contribution is -2.49. The maximum absolute atomic E-state index is 12.5. The number of aryl methyl sites for hydroxylation is 2. The molecule has 1 aliphatic rings. The third-order valence-electron chi connectivity index (χ3n) is 4.34. The van der Waals surface area contributed by atoms with Gasteiger partial charge in [-0.2, -0.15) is 0 Å². The van der Waals surface area contributed by atoms with Crippen molar-refractivity contribution in [3.05, 3.63) is 41.3 Å². The lowest BCUT2D eigenvalue weighted by molar-refractivity contribution is -0.130. The molecule has 0 saturated carbocycles. The number of nitrogens with zero attached hydrogens (tertiary/aromatic N) is 3. The summed E-state index contributed by atoms with van der Waals surface area (Å²) in [4.78, 5) is 16.5. The van der Waals surface area contributed by atoms with Crippen molar-refractivity contribution in [1.29, 1.82) is 0 Å². The summed E-state index contributed by atoms with van der Waals surface area (Å²) in [6.07, 6.45) is 0.341. The highest BCUT2D eigenvalue weighted by atomic mass is 16.5. The predicted octanol–water partition coefficient (Wildman–Crippen LogP) is 1.89. The van der Waals surface area contributed by atoms with Crippen LogP contribution in [0.3, 0.4) is 0 Å². The van der Waals surface area contributed by atoms with Crippen LogP contribution in [-0.2, 0) is 11.2 Å². The van der Waals surface area contributed by atoms with Crippen LogP contribution in [0.5, 0.6) is 5.75 Å². The van der Waals surface area contributed by atoms with E-state index in [1.165, 1.54) is 0 Å². The molecule has 23 heavy (non-hydrogen) atoms. The number of carbonyl (C=O) groups is 1. The number of piperazine rings is 1. The van der Waals surface area contributed by atoms with Gasteiger partial charge in [0.05, 0.1) is 12.1 Å². The second kappa shape index (κ2) is 6.32. The molecule has 1 aromatic carbocycles. The molecule has 3 rings (SSSR count). The molecule has 1 aliphatic heterocycles. The summed E-state index contributed by atoms with van der Waals surface area (Å²) in [5, 5.41) is 13.5. The van der Waals surface area contributed by atoms with E-state index in [1.54, 1.807) is 12.1 Å². The highest BCUT2D eigenvalue weighted by molar-refractivity contribution is 5.79. The second-order valence-corrected chi connectivity index (χ2v) is 5.87.